The van der Waals surface area contributed by atoms with Gasteiger partial charge in [0.05, 0.1) is 17.6 Å². The van der Waals surface area contributed by atoms with Crippen molar-refractivity contribution < 1.29 is 9.53 Å². The van der Waals surface area contributed by atoms with Crippen molar-refractivity contribution >= 4 is 34.0 Å². The van der Waals surface area contributed by atoms with Crippen molar-refractivity contribution in [1.29, 1.82) is 0 Å². The third-order valence-corrected chi connectivity index (χ3v) is 6.32. The number of rotatable bonds is 10. The number of ether oxygens (including phenoxy) is 1. The number of nitrogens with zero attached hydrogens (tertiary/aromatic N) is 3. The normalized spacial score (nSPS) is 14.1. The highest BCUT2D eigenvalue weighted by molar-refractivity contribution is 6.08. The quantitative estimate of drug-likeness (QED) is 0.234. The summed E-state index contributed by atoms with van der Waals surface area (Å²) in [5, 5.41) is 0. The number of anilines is 1. The second kappa shape index (κ2) is 10.6. The van der Waals surface area contributed by atoms with Gasteiger partial charge in [-0.25, -0.2) is 14.8 Å². The van der Waals surface area contributed by atoms with Crippen LogP contribution >= 0.6 is 0 Å². The Morgan fingerprint density at radius 2 is 1.88 bits per heavy atom. The first-order valence-corrected chi connectivity index (χ1v) is 12.1. The molecule has 0 bridgehead atoms. The highest BCUT2D eigenvalue weighted by Gasteiger charge is 2.25. The van der Waals surface area contributed by atoms with E-state index in [9.17, 15) is 4.79 Å². The van der Waals surface area contributed by atoms with Crippen LogP contribution in [-0.2, 0) is 11.3 Å². The number of hydrogen-bond acceptors (Lipinski definition) is 5. The molecule has 4 rings (SSSR count). The summed E-state index contributed by atoms with van der Waals surface area (Å²) < 4.78 is 7.55. The fourth-order valence-corrected chi connectivity index (χ4v) is 4.47. The van der Waals surface area contributed by atoms with Gasteiger partial charge in [0.15, 0.2) is 5.65 Å². The molecule has 1 aliphatic carbocycles. The van der Waals surface area contributed by atoms with E-state index in [1.165, 1.54) is 37.7 Å². The van der Waals surface area contributed by atoms with Crippen LogP contribution in [0.5, 0.6) is 0 Å². The van der Waals surface area contributed by atoms with Gasteiger partial charge in [0.25, 0.3) is 0 Å². The van der Waals surface area contributed by atoms with Crippen LogP contribution in [0.15, 0.2) is 35.9 Å². The summed E-state index contributed by atoms with van der Waals surface area (Å²) in [6.07, 6.45) is 13.6. The molecule has 0 radical (unpaired) electrons. The van der Waals surface area contributed by atoms with Gasteiger partial charge >= 0.3 is 5.97 Å². The maximum absolute atomic E-state index is 13.0. The lowest BCUT2D eigenvalue weighted by Crippen LogP contribution is -2.11. The number of carbonyl (C=O) groups excluding carboxylic acids is 1. The van der Waals surface area contributed by atoms with Crippen LogP contribution < -0.4 is 5.73 Å². The third kappa shape index (κ3) is 4.95. The van der Waals surface area contributed by atoms with E-state index in [1.807, 2.05) is 28.8 Å². The van der Waals surface area contributed by atoms with Crippen molar-refractivity contribution in [2.24, 2.45) is 0 Å². The topological polar surface area (TPSA) is 83.0 Å². The minimum Gasteiger partial charge on any atom is -0.462 e. The highest BCUT2D eigenvalue weighted by atomic mass is 16.5. The summed E-state index contributed by atoms with van der Waals surface area (Å²) in [6, 6.07) is 7.71. The molecule has 3 aromatic rings. The zero-order chi connectivity index (χ0) is 22.3. The van der Waals surface area contributed by atoms with E-state index < -0.39 is 5.97 Å². The van der Waals surface area contributed by atoms with Gasteiger partial charge in [-0.15, -0.1) is 0 Å². The molecule has 0 saturated carbocycles. The first kappa shape index (κ1) is 22.3. The standard InChI is InChI=1S/C26H34N4O2/c1-2-3-4-5-11-18-32-26(31)22-23-25(29-21-15-10-9-14-20(21)28-23)30(24(22)27)17-16-19-12-7-6-8-13-19/h9-10,12,14-15H,2-8,11,13,16-18,27H2,1H3. The Morgan fingerprint density at radius 1 is 1.09 bits per heavy atom. The lowest BCUT2D eigenvalue weighted by atomic mass is 9.97. The molecule has 32 heavy (non-hydrogen) atoms. The number of aromatic nitrogens is 3. The van der Waals surface area contributed by atoms with Gasteiger partial charge in [-0.1, -0.05) is 56.4 Å². The second-order valence-electron chi connectivity index (χ2n) is 8.70. The van der Waals surface area contributed by atoms with Crippen molar-refractivity contribution in [3.8, 4) is 0 Å². The molecule has 0 amide bonds. The Kier molecular flexibility index (Phi) is 7.40. The Bertz CT molecular complexity index is 1120. The summed E-state index contributed by atoms with van der Waals surface area (Å²) in [6.45, 7) is 3.28. The lowest BCUT2D eigenvalue weighted by Gasteiger charge is -2.14. The molecule has 2 N–H and O–H groups in total. The van der Waals surface area contributed by atoms with Gasteiger partial charge < -0.3 is 15.0 Å². The van der Waals surface area contributed by atoms with Gasteiger partial charge in [0.2, 0.25) is 0 Å². The molecular weight excluding hydrogens is 400 g/mol. The molecule has 2 aromatic heterocycles. The summed E-state index contributed by atoms with van der Waals surface area (Å²) in [7, 11) is 0. The number of nitrogens with two attached hydrogens (primary N) is 1. The Morgan fingerprint density at radius 3 is 2.62 bits per heavy atom. The predicted octanol–water partition coefficient (Wildman–Crippen LogP) is 6.18. The molecule has 170 valence electrons. The molecule has 0 atom stereocenters. The number of nitrogen functional groups attached to an aromatic ring is 1. The zero-order valence-electron chi connectivity index (χ0n) is 19.1. The number of aryl methyl sites for hydroxylation is 1. The third-order valence-electron chi connectivity index (χ3n) is 6.32. The van der Waals surface area contributed by atoms with Gasteiger partial charge in [-0.3, -0.25) is 0 Å². The van der Waals surface area contributed by atoms with Crippen LogP contribution in [0.25, 0.3) is 22.2 Å². The van der Waals surface area contributed by atoms with Crippen molar-refractivity contribution in [1.82, 2.24) is 14.5 Å². The Hall–Kier alpha value is -2.89. The monoisotopic (exact) mass is 434 g/mol. The van der Waals surface area contributed by atoms with Crippen LogP contribution in [0.1, 0.15) is 81.5 Å². The Labute approximate surface area is 189 Å². The van der Waals surface area contributed by atoms with E-state index >= 15 is 0 Å². The molecule has 0 aliphatic heterocycles. The number of esters is 1. The number of benzene rings is 1. The predicted molar refractivity (Wildman–Crippen MR) is 130 cm³/mol. The highest BCUT2D eigenvalue weighted by Crippen LogP contribution is 2.30. The fraction of sp³-hybridized carbons (Fsp3) is 0.500. The maximum Gasteiger partial charge on any atom is 0.344 e. The molecule has 0 fully saturated rings. The van der Waals surface area contributed by atoms with Gasteiger partial charge in [0, 0.05) is 6.54 Å². The number of unbranched alkanes of at least 4 members (excludes halogenated alkanes) is 4. The molecule has 0 saturated heterocycles. The summed E-state index contributed by atoms with van der Waals surface area (Å²) in [5.41, 5.74) is 11.1. The molecule has 2 heterocycles. The van der Waals surface area contributed by atoms with Crippen LogP contribution in [0.3, 0.4) is 0 Å². The van der Waals surface area contributed by atoms with Gasteiger partial charge in [0.1, 0.15) is 16.9 Å². The number of carbonyl (C=O) groups is 1. The van der Waals surface area contributed by atoms with Gasteiger partial charge in [-0.2, -0.15) is 0 Å². The van der Waals surface area contributed by atoms with E-state index in [1.54, 1.807) is 0 Å². The molecule has 1 aliphatic rings. The first-order chi connectivity index (χ1) is 15.7. The molecule has 6 heteroatoms. The van der Waals surface area contributed by atoms with E-state index in [-0.39, 0.29) is 0 Å². The van der Waals surface area contributed by atoms with E-state index in [2.05, 4.69) is 13.0 Å². The van der Waals surface area contributed by atoms with E-state index in [0.29, 0.717) is 35.7 Å². The SMILES string of the molecule is CCCCCCCOC(=O)c1c(N)n(CCC2=CCCCC2)c2nc3ccccc3nc12. The molecule has 1 aromatic carbocycles. The van der Waals surface area contributed by atoms with Crippen LogP contribution in [0.2, 0.25) is 0 Å². The minimum atomic E-state index is -0.400. The van der Waals surface area contributed by atoms with E-state index in [0.717, 1.165) is 43.1 Å². The lowest BCUT2D eigenvalue weighted by molar-refractivity contribution is 0.0501. The van der Waals surface area contributed by atoms with Crippen molar-refractivity contribution in [2.75, 3.05) is 12.3 Å². The molecule has 0 unspecified atom stereocenters. The zero-order valence-corrected chi connectivity index (χ0v) is 19.1. The smallest absolute Gasteiger partial charge is 0.344 e. The molecule has 0 spiro atoms. The number of fused-ring (bicyclic) bond motifs is 2. The van der Waals surface area contributed by atoms with Crippen LogP contribution in [0, 0.1) is 0 Å². The number of allylic oxidation sites excluding steroid dienone is 2. The summed E-state index contributed by atoms with van der Waals surface area (Å²) in [5.74, 6) is 0.00547. The van der Waals surface area contributed by atoms with Crippen molar-refractivity contribution in [3.63, 3.8) is 0 Å². The number of para-hydroxylation sites is 2. The first-order valence-electron chi connectivity index (χ1n) is 12.1. The van der Waals surface area contributed by atoms with Gasteiger partial charge in [-0.05, 0) is 50.7 Å². The average molecular weight is 435 g/mol. The summed E-state index contributed by atoms with van der Waals surface area (Å²) in [4.78, 5) is 22.6. The average Bonchev–Trinajstić information content (AvgIpc) is 3.09. The van der Waals surface area contributed by atoms with Crippen molar-refractivity contribution in [2.45, 2.75) is 77.7 Å². The van der Waals surface area contributed by atoms with Crippen LogP contribution in [-0.4, -0.2) is 27.1 Å². The summed E-state index contributed by atoms with van der Waals surface area (Å²) >= 11 is 0. The van der Waals surface area contributed by atoms with Crippen LogP contribution in [0.4, 0.5) is 5.82 Å². The molecule has 6 nitrogen and oxygen atoms in total. The fourth-order valence-electron chi connectivity index (χ4n) is 4.47. The number of hydrogen-bond donors (Lipinski definition) is 1. The second-order valence-corrected chi connectivity index (χ2v) is 8.70. The largest absolute Gasteiger partial charge is 0.462 e. The maximum atomic E-state index is 13.0. The minimum absolute atomic E-state index is 0.351. The van der Waals surface area contributed by atoms with Crippen molar-refractivity contribution in [3.05, 3.63) is 41.5 Å². The Balaban J connectivity index is 1.61. The molecular formula is C26H34N4O2. The van der Waals surface area contributed by atoms with E-state index in [4.69, 9.17) is 20.4 Å².